The van der Waals surface area contributed by atoms with Crippen molar-refractivity contribution >= 4 is 0 Å². The predicted octanol–water partition coefficient (Wildman–Crippen LogP) is -0.490. The van der Waals surface area contributed by atoms with E-state index in [9.17, 15) is 0 Å². The van der Waals surface area contributed by atoms with Gasteiger partial charge in [0.1, 0.15) is 0 Å². The topological polar surface area (TPSA) is 40.5 Å². The van der Waals surface area contributed by atoms with Crippen molar-refractivity contribution in [3.05, 3.63) is 6.61 Å². The Kier molecular flexibility index (Phi) is 16.1. The molecule has 0 unspecified atom stereocenters. The van der Waals surface area contributed by atoms with Gasteiger partial charge in [0, 0.05) is 19.5 Å². The Labute approximate surface area is 43.6 Å². The van der Waals surface area contributed by atoms with Gasteiger partial charge in [-0.1, -0.05) is 6.61 Å². The molecule has 0 aromatic heterocycles. The average Bonchev–Trinajstić information content (AvgIpc) is 1.37. The summed E-state index contributed by atoms with van der Waals surface area (Å²) in [6.45, 7) is 0.431. The first-order chi connectivity index (χ1) is 1.91. The molecule has 0 aliphatic carbocycles. The molecule has 0 aliphatic rings. The molecule has 0 saturated carbocycles. The van der Waals surface area contributed by atoms with Gasteiger partial charge in [0.05, 0.1) is 0 Å². The van der Waals surface area contributed by atoms with Crippen LogP contribution in [0.25, 0.3) is 0 Å². The van der Waals surface area contributed by atoms with Crippen LogP contribution in [0, 0.1) is 6.61 Å². The molecule has 0 bridgehead atoms. The molecule has 0 aliphatic heterocycles. The molecule has 0 aromatic carbocycles. The Balaban J connectivity index is 0. The van der Waals surface area contributed by atoms with Gasteiger partial charge in [0.15, 0.2) is 0 Å². The van der Waals surface area contributed by atoms with Gasteiger partial charge in [-0.25, -0.2) is 0 Å². The Bertz CT molecular complexity index is 9.61. The van der Waals surface area contributed by atoms with E-state index in [4.69, 9.17) is 10.2 Å². The van der Waals surface area contributed by atoms with Crippen LogP contribution in [0.5, 0.6) is 0 Å². The summed E-state index contributed by atoms with van der Waals surface area (Å²) in [5.41, 5.74) is 0. The van der Waals surface area contributed by atoms with Crippen LogP contribution in [0.1, 0.15) is 0 Å². The molecule has 0 heterocycles. The quantitative estimate of drug-likeness (QED) is 0.368. The summed E-state index contributed by atoms with van der Waals surface area (Å²) >= 11 is 0. The van der Waals surface area contributed by atoms with Crippen molar-refractivity contribution in [1.29, 1.82) is 0 Å². The summed E-state index contributed by atoms with van der Waals surface area (Å²) in [5, 5.41) is 15.1. The maximum Gasteiger partial charge on any atom is 0 e. The molecule has 0 fully saturated rings. The Morgan fingerprint density at radius 3 is 1.80 bits per heavy atom. The number of rotatable bonds is 1. The third-order valence-corrected chi connectivity index (χ3v) is 0.0816. The van der Waals surface area contributed by atoms with Crippen molar-refractivity contribution in [3.63, 3.8) is 0 Å². The van der Waals surface area contributed by atoms with Crippen molar-refractivity contribution in [2.45, 2.75) is 0 Å². The van der Waals surface area contributed by atoms with E-state index in [1.165, 1.54) is 0 Å². The Hall–Kier alpha value is 0.543. The molecule has 28 valence electrons. The average molecular weight is 126 g/mol. The molecule has 2 N–H and O–H groups in total. The van der Waals surface area contributed by atoms with Gasteiger partial charge >= 0.3 is 0 Å². The first-order valence-electron chi connectivity index (χ1n) is 0.983. The molecule has 0 rings (SSSR count). The first kappa shape index (κ1) is 9.11. The van der Waals surface area contributed by atoms with Gasteiger partial charge in [-0.3, -0.25) is 0 Å². The van der Waals surface area contributed by atoms with Gasteiger partial charge in [0.2, 0.25) is 0 Å². The summed E-state index contributed by atoms with van der Waals surface area (Å²) in [6.07, 6.45) is 0. The molecule has 2 nitrogen and oxygen atoms in total. The second-order valence-corrected chi connectivity index (χ2v) is 0.365. The standard InChI is InChI=1S/C2H5O2.Zn/c3-1-2-4;/h1,3-4H,2H2;/q-1;. The summed E-state index contributed by atoms with van der Waals surface area (Å²) < 4.78 is 0. The van der Waals surface area contributed by atoms with Gasteiger partial charge in [-0.15, -0.1) is 0 Å². The summed E-state index contributed by atoms with van der Waals surface area (Å²) in [7, 11) is 0. The van der Waals surface area contributed by atoms with Crippen molar-refractivity contribution in [3.8, 4) is 0 Å². The van der Waals surface area contributed by atoms with Gasteiger partial charge < -0.3 is 10.2 Å². The monoisotopic (exact) mass is 125 g/mol. The molecule has 3 heteroatoms. The minimum absolute atomic E-state index is 0. The molecule has 0 atom stereocenters. The van der Waals surface area contributed by atoms with Crippen LogP contribution in [0.15, 0.2) is 0 Å². The van der Waals surface area contributed by atoms with E-state index < -0.39 is 0 Å². The molecule has 0 amide bonds. The summed E-state index contributed by atoms with van der Waals surface area (Å²) in [6, 6.07) is 0. The van der Waals surface area contributed by atoms with E-state index in [2.05, 4.69) is 0 Å². The largest absolute Gasteiger partial charge is 0.564 e. The van der Waals surface area contributed by atoms with Crippen LogP contribution < -0.4 is 0 Å². The van der Waals surface area contributed by atoms with Gasteiger partial charge in [-0.2, -0.15) is 6.61 Å². The van der Waals surface area contributed by atoms with Crippen LogP contribution in [-0.4, -0.2) is 16.8 Å². The van der Waals surface area contributed by atoms with Crippen LogP contribution in [0.4, 0.5) is 0 Å². The maximum atomic E-state index is 7.57. The second kappa shape index (κ2) is 8.82. The van der Waals surface area contributed by atoms with E-state index in [-0.39, 0.29) is 26.1 Å². The zero-order chi connectivity index (χ0) is 3.41. The van der Waals surface area contributed by atoms with Crippen LogP contribution >= 0.6 is 0 Å². The normalized spacial score (nSPS) is 6.00. The van der Waals surface area contributed by atoms with Crippen LogP contribution in [-0.2, 0) is 19.5 Å². The van der Waals surface area contributed by atoms with Crippen molar-refractivity contribution in [1.82, 2.24) is 0 Å². The number of aliphatic hydroxyl groups excluding tert-OH is 2. The number of hydrogen-bond acceptors (Lipinski definition) is 2. The minimum Gasteiger partial charge on any atom is -0.564 e. The molecule has 0 radical (unpaired) electrons. The van der Waals surface area contributed by atoms with E-state index in [0.717, 1.165) is 0 Å². The van der Waals surface area contributed by atoms with Crippen molar-refractivity contribution in [2.75, 3.05) is 6.61 Å². The molecule has 0 aromatic rings. The molecular weight excluding hydrogens is 121 g/mol. The van der Waals surface area contributed by atoms with E-state index in [0.29, 0.717) is 6.61 Å². The molecule has 5 heavy (non-hydrogen) atoms. The van der Waals surface area contributed by atoms with Crippen molar-refractivity contribution < 1.29 is 29.7 Å². The first-order valence-corrected chi connectivity index (χ1v) is 0.983. The smallest absolute Gasteiger partial charge is 0 e. The SMILES string of the molecule is O[CH-]CO.[Zn]. The number of hydrogen-bond donors (Lipinski definition) is 2. The summed E-state index contributed by atoms with van der Waals surface area (Å²) in [4.78, 5) is 0. The fourth-order valence-corrected chi connectivity index (χ4v) is 0. The van der Waals surface area contributed by atoms with E-state index >= 15 is 0 Å². The van der Waals surface area contributed by atoms with Crippen LogP contribution in [0.3, 0.4) is 0 Å². The van der Waals surface area contributed by atoms with Crippen molar-refractivity contribution in [2.24, 2.45) is 0 Å². The molecule has 0 saturated heterocycles. The Morgan fingerprint density at radius 1 is 1.60 bits per heavy atom. The van der Waals surface area contributed by atoms with Crippen LogP contribution in [0.2, 0.25) is 0 Å². The van der Waals surface area contributed by atoms with E-state index in [1.807, 2.05) is 0 Å². The third-order valence-electron chi connectivity index (χ3n) is 0.0816. The zero-order valence-corrected chi connectivity index (χ0v) is 5.85. The number of aliphatic hydroxyl groups is 2. The second-order valence-electron chi connectivity index (χ2n) is 0.365. The third kappa shape index (κ3) is 12.3. The maximum absolute atomic E-state index is 7.57. The zero-order valence-electron chi connectivity index (χ0n) is 2.89. The molecular formula is C2H5O2Zn-. The van der Waals surface area contributed by atoms with E-state index in [1.54, 1.807) is 0 Å². The Morgan fingerprint density at radius 2 is 1.80 bits per heavy atom. The summed E-state index contributed by atoms with van der Waals surface area (Å²) in [5.74, 6) is 0. The minimum atomic E-state index is -0.250. The van der Waals surface area contributed by atoms with Gasteiger partial charge in [-0.05, 0) is 0 Å². The predicted molar refractivity (Wildman–Crippen MR) is 13.3 cm³/mol. The molecule has 0 spiro atoms. The van der Waals surface area contributed by atoms with Gasteiger partial charge in [0.25, 0.3) is 0 Å². The fraction of sp³-hybridized carbons (Fsp3) is 0.500. The fourth-order valence-electron chi connectivity index (χ4n) is 0.